The Morgan fingerprint density at radius 1 is 1.09 bits per heavy atom. The van der Waals surface area contributed by atoms with Crippen LogP contribution in [0.25, 0.3) is 27.5 Å². The van der Waals surface area contributed by atoms with Crippen LogP contribution in [0, 0.1) is 20.8 Å². The van der Waals surface area contributed by atoms with Crippen molar-refractivity contribution in [1.29, 1.82) is 0 Å². The fraction of sp³-hybridized carbons (Fsp3) is 0.240. The summed E-state index contributed by atoms with van der Waals surface area (Å²) < 4.78 is 9.53. The van der Waals surface area contributed by atoms with E-state index < -0.39 is 0 Å². The molecule has 4 heterocycles. The molecule has 0 saturated heterocycles. The molecule has 0 aliphatic carbocycles. The van der Waals surface area contributed by atoms with Crippen LogP contribution < -0.4 is 5.56 Å². The lowest BCUT2D eigenvalue weighted by molar-refractivity contribution is 0.539. The predicted octanol–water partition coefficient (Wildman–Crippen LogP) is 5.44. The first-order valence-electron chi connectivity index (χ1n) is 10.7. The van der Waals surface area contributed by atoms with Gasteiger partial charge in [-0.05, 0) is 61.9 Å². The normalized spacial score (nSPS) is 11.5. The van der Waals surface area contributed by atoms with Gasteiger partial charge in [-0.3, -0.25) is 9.36 Å². The molecule has 7 heteroatoms. The van der Waals surface area contributed by atoms with Crippen molar-refractivity contribution in [2.45, 2.75) is 40.7 Å². The van der Waals surface area contributed by atoms with Gasteiger partial charge in [-0.15, -0.1) is 11.3 Å². The molecule has 32 heavy (non-hydrogen) atoms. The Kier molecular flexibility index (Phi) is 5.06. The Morgan fingerprint density at radius 2 is 1.88 bits per heavy atom. The van der Waals surface area contributed by atoms with E-state index in [-0.39, 0.29) is 5.56 Å². The van der Waals surface area contributed by atoms with E-state index in [2.05, 4.69) is 31.2 Å². The molecular formula is C25H24N4O2S. The summed E-state index contributed by atoms with van der Waals surface area (Å²) in [5.74, 6) is 1.30. The van der Waals surface area contributed by atoms with E-state index in [9.17, 15) is 4.79 Å². The number of aryl methyl sites for hydroxylation is 4. The summed E-state index contributed by atoms with van der Waals surface area (Å²) in [7, 11) is 0. The number of benzene rings is 1. The molecule has 1 aromatic carbocycles. The van der Waals surface area contributed by atoms with Crippen LogP contribution in [0.5, 0.6) is 0 Å². The lowest BCUT2D eigenvalue weighted by Gasteiger charge is -2.12. The number of pyridine rings is 1. The van der Waals surface area contributed by atoms with E-state index in [0.717, 1.165) is 45.0 Å². The third-order valence-electron chi connectivity index (χ3n) is 5.81. The Bertz CT molecular complexity index is 1470. The zero-order valence-corrected chi connectivity index (χ0v) is 19.4. The molecule has 0 radical (unpaired) electrons. The van der Waals surface area contributed by atoms with Crippen LogP contribution in [-0.2, 0) is 13.0 Å². The van der Waals surface area contributed by atoms with Gasteiger partial charge in [0.15, 0.2) is 0 Å². The highest BCUT2D eigenvalue weighted by Gasteiger charge is 2.20. The van der Waals surface area contributed by atoms with Crippen LogP contribution in [-0.4, -0.2) is 19.3 Å². The third kappa shape index (κ3) is 3.39. The van der Waals surface area contributed by atoms with Gasteiger partial charge in [0, 0.05) is 11.5 Å². The second-order valence-corrected chi connectivity index (χ2v) is 8.91. The maximum Gasteiger partial charge on any atom is 0.252 e. The van der Waals surface area contributed by atoms with Gasteiger partial charge in [-0.2, -0.15) is 5.10 Å². The first kappa shape index (κ1) is 20.5. The Hall–Kier alpha value is -3.45. The average Bonchev–Trinajstić information content (AvgIpc) is 3.51. The van der Waals surface area contributed by atoms with Crippen molar-refractivity contribution in [3.8, 4) is 16.5 Å². The molecule has 0 spiro atoms. The topological polar surface area (TPSA) is 65.8 Å². The quantitative estimate of drug-likeness (QED) is 0.362. The van der Waals surface area contributed by atoms with Crippen molar-refractivity contribution in [1.82, 2.24) is 19.3 Å². The number of hydrogen-bond acceptors (Lipinski definition) is 5. The number of nitrogens with zero attached hydrogens (tertiary/aromatic N) is 4. The van der Waals surface area contributed by atoms with Crippen LogP contribution in [0.3, 0.4) is 0 Å². The molecule has 0 fully saturated rings. The van der Waals surface area contributed by atoms with Crippen molar-refractivity contribution >= 4 is 22.4 Å². The Balaban J connectivity index is 1.69. The number of oxazole rings is 1. The fourth-order valence-electron chi connectivity index (χ4n) is 4.10. The highest BCUT2D eigenvalue weighted by molar-refractivity contribution is 7.13. The van der Waals surface area contributed by atoms with E-state index in [1.165, 1.54) is 5.56 Å². The van der Waals surface area contributed by atoms with Gasteiger partial charge in [-0.1, -0.05) is 25.1 Å². The molecule has 6 nitrogen and oxygen atoms in total. The van der Waals surface area contributed by atoms with Crippen LogP contribution in [0.1, 0.15) is 35.2 Å². The molecule has 162 valence electrons. The molecule has 0 bridgehead atoms. The van der Waals surface area contributed by atoms with Crippen LogP contribution in [0.4, 0.5) is 0 Å². The molecule has 0 atom stereocenters. The second kappa shape index (κ2) is 7.91. The number of thiophene rings is 1. The molecule has 0 saturated carbocycles. The third-order valence-corrected chi connectivity index (χ3v) is 6.67. The highest BCUT2D eigenvalue weighted by Crippen LogP contribution is 2.28. The molecule has 0 unspecified atom stereocenters. The van der Waals surface area contributed by atoms with E-state index in [4.69, 9.17) is 14.5 Å². The van der Waals surface area contributed by atoms with E-state index in [1.54, 1.807) is 22.0 Å². The molecule has 5 aromatic rings. The summed E-state index contributed by atoms with van der Waals surface area (Å²) in [6.45, 7) is 8.28. The molecule has 0 amide bonds. The van der Waals surface area contributed by atoms with Crippen molar-refractivity contribution in [3.05, 3.63) is 86.5 Å². The summed E-state index contributed by atoms with van der Waals surface area (Å²) >= 11 is 1.58. The monoisotopic (exact) mass is 444 g/mol. The number of rotatable bonds is 5. The lowest BCUT2D eigenvalue weighted by Crippen LogP contribution is -2.23. The van der Waals surface area contributed by atoms with Gasteiger partial charge in [0.25, 0.3) is 5.56 Å². The van der Waals surface area contributed by atoms with Gasteiger partial charge < -0.3 is 4.42 Å². The summed E-state index contributed by atoms with van der Waals surface area (Å²) in [4.78, 5) is 18.8. The van der Waals surface area contributed by atoms with E-state index >= 15 is 0 Å². The number of hydrogen-bond donors (Lipinski definition) is 0. The van der Waals surface area contributed by atoms with Crippen molar-refractivity contribution in [2.24, 2.45) is 0 Å². The van der Waals surface area contributed by atoms with Crippen LogP contribution >= 0.6 is 11.3 Å². The molecule has 0 N–H and O–H groups in total. The Labute approximate surface area is 189 Å². The first-order valence-corrected chi connectivity index (χ1v) is 11.5. The van der Waals surface area contributed by atoms with Gasteiger partial charge in [-0.25, -0.2) is 9.67 Å². The fourth-order valence-corrected chi connectivity index (χ4v) is 4.75. The predicted molar refractivity (Wildman–Crippen MR) is 128 cm³/mol. The Morgan fingerprint density at radius 3 is 2.56 bits per heavy atom. The molecular weight excluding hydrogens is 420 g/mol. The molecule has 5 rings (SSSR count). The lowest BCUT2D eigenvalue weighted by atomic mass is 10.1. The minimum Gasteiger partial charge on any atom is -0.440 e. The largest absolute Gasteiger partial charge is 0.440 e. The molecule has 0 aliphatic heterocycles. The smallest absolute Gasteiger partial charge is 0.252 e. The maximum atomic E-state index is 13.2. The zero-order chi connectivity index (χ0) is 22.4. The number of fused-ring (bicyclic) bond motifs is 1. The van der Waals surface area contributed by atoms with E-state index in [0.29, 0.717) is 18.2 Å². The summed E-state index contributed by atoms with van der Waals surface area (Å²) in [5, 5.41) is 7.79. The SMILES string of the molecule is CCc1ccc(-n2nc(C)c3c(C)cc(=O)n(Cc4nc(-c5cccs5)oc4C)c32)cc1. The summed E-state index contributed by atoms with van der Waals surface area (Å²) in [5.41, 5.74) is 5.43. The highest BCUT2D eigenvalue weighted by atomic mass is 32.1. The van der Waals surface area contributed by atoms with Crippen LogP contribution in [0.2, 0.25) is 0 Å². The molecule has 4 aromatic heterocycles. The molecule has 0 aliphatic rings. The van der Waals surface area contributed by atoms with Crippen LogP contribution in [0.15, 0.2) is 57.1 Å². The van der Waals surface area contributed by atoms with Gasteiger partial charge >= 0.3 is 0 Å². The zero-order valence-electron chi connectivity index (χ0n) is 18.5. The average molecular weight is 445 g/mol. The second-order valence-electron chi connectivity index (χ2n) is 7.97. The minimum atomic E-state index is -0.0820. The maximum absolute atomic E-state index is 13.2. The van der Waals surface area contributed by atoms with E-state index in [1.807, 2.05) is 43.0 Å². The summed E-state index contributed by atoms with van der Waals surface area (Å²) in [6, 6.07) is 13.9. The standard InChI is InChI=1S/C25H24N4O2S/c1-5-18-8-10-19(11-9-18)29-25-23(16(3)27-29)15(2)13-22(30)28(25)14-20-17(4)31-24(26-20)21-7-6-12-32-21/h6-13H,5,14H2,1-4H3. The van der Waals surface area contributed by atoms with Crippen molar-refractivity contribution in [2.75, 3.05) is 0 Å². The first-order chi connectivity index (χ1) is 15.5. The van der Waals surface area contributed by atoms with Crippen molar-refractivity contribution < 1.29 is 4.42 Å². The minimum absolute atomic E-state index is 0.0820. The van der Waals surface area contributed by atoms with Gasteiger partial charge in [0.2, 0.25) is 5.89 Å². The van der Waals surface area contributed by atoms with Gasteiger partial charge in [0.1, 0.15) is 17.1 Å². The summed E-state index contributed by atoms with van der Waals surface area (Å²) in [6.07, 6.45) is 0.973. The number of aromatic nitrogens is 4. The van der Waals surface area contributed by atoms with Crippen molar-refractivity contribution in [3.63, 3.8) is 0 Å². The van der Waals surface area contributed by atoms with Gasteiger partial charge in [0.05, 0.1) is 22.8 Å².